The molecule has 16 heavy (non-hydrogen) atoms. The second kappa shape index (κ2) is 3.76. The zero-order chi connectivity index (χ0) is 11.7. The van der Waals surface area contributed by atoms with Crippen LogP contribution in [0.1, 0.15) is 22.1 Å². The molecule has 0 saturated carbocycles. The summed E-state index contributed by atoms with van der Waals surface area (Å²) >= 11 is 0. The predicted octanol–water partition coefficient (Wildman–Crippen LogP) is 0.407. The van der Waals surface area contributed by atoms with Gasteiger partial charge in [-0.3, -0.25) is 14.6 Å². The molecule has 0 aliphatic rings. The lowest BCUT2D eigenvalue weighted by Gasteiger charge is -2.01. The fraction of sp³-hybridized carbons (Fsp3) is 0.333. The summed E-state index contributed by atoms with van der Waals surface area (Å²) in [6.45, 7) is 3.59. The molecule has 0 aliphatic heterocycles. The number of carbonyl (C=O) groups is 1. The molecule has 0 spiro atoms. The van der Waals surface area contributed by atoms with E-state index in [1.807, 2.05) is 6.92 Å². The first-order valence-corrected chi connectivity index (χ1v) is 4.77. The molecule has 0 aliphatic carbocycles. The number of aromatic nitrogens is 5. The zero-order valence-electron chi connectivity index (χ0n) is 9.27. The fourth-order valence-corrected chi connectivity index (χ4v) is 1.34. The lowest BCUT2D eigenvalue weighted by molar-refractivity contribution is 0.101. The molecule has 0 unspecified atom stereocenters. The third-order valence-corrected chi connectivity index (χ3v) is 2.04. The fourth-order valence-electron chi connectivity index (χ4n) is 1.34. The Morgan fingerprint density at radius 3 is 2.75 bits per heavy atom. The van der Waals surface area contributed by atoms with E-state index >= 15 is 0 Å². The smallest absolute Gasteiger partial charge is 0.296 e. The van der Waals surface area contributed by atoms with Crippen LogP contribution in [0.5, 0.6) is 0 Å². The van der Waals surface area contributed by atoms with Crippen molar-refractivity contribution in [3.63, 3.8) is 0 Å². The number of rotatable bonds is 2. The van der Waals surface area contributed by atoms with Gasteiger partial charge < -0.3 is 5.32 Å². The van der Waals surface area contributed by atoms with Gasteiger partial charge in [-0.2, -0.15) is 5.10 Å². The summed E-state index contributed by atoms with van der Waals surface area (Å²) in [5.74, 6) is 0.986. The summed E-state index contributed by atoms with van der Waals surface area (Å²) < 4.78 is 1.59. The Morgan fingerprint density at radius 1 is 1.50 bits per heavy atom. The highest BCUT2D eigenvalue weighted by molar-refractivity contribution is 6.00. The average molecular weight is 220 g/mol. The molecule has 2 N–H and O–H groups in total. The van der Waals surface area contributed by atoms with Crippen molar-refractivity contribution in [2.45, 2.75) is 13.8 Å². The minimum atomic E-state index is -0.354. The van der Waals surface area contributed by atoms with Crippen LogP contribution in [-0.2, 0) is 7.05 Å². The highest BCUT2D eigenvalue weighted by Gasteiger charge is 2.13. The van der Waals surface area contributed by atoms with Crippen molar-refractivity contribution < 1.29 is 4.79 Å². The van der Waals surface area contributed by atoms with Crippen molar-refractivity contribution in [3.05, 3.63) is 23.4 Å². The quantitative estimate of drug-likeness (QED) is 0.767. The van der Waals surface area contributed by atoms with E-state index in [0.29, 0.717) is 11.6 Å². The molecular formula is C9H12N6O. The van der Waals surface area contributed by atoms with Crippen LogP contribution in [0.2, 0.25) is 0 Å². The van der Waals surface area contributed by atoms with Gasteiger partial charge in [-0.15, -0.1) is 5.10 Å². The van der Waals surface area contributed by atoms with Gasteiger partial charge in [0.05, 0.1) is 5.69 Å². The molecule has 0 radical (unpaired) electrons. The standard InChI is InChI=1S/C9H12N6O/c1-5-4-7(15(3)14-5)11-9(16)8-10-6(2)12-13-8/h4H,1-3H3,(H,11,16)(H,10,12,13). The summed E-state index contributed by atoms with van der Waals surface area (Å²) in [7, 11) is 1.76. The predicted molar refractivity (Wildman–Crippen MR) is 57.0 cm³/mol. The molecular weight excluding hydrogens is 208 g/mol. The Balaban J connectivity index is 2.16. The number of hydrogen-bond acceptors (Lipinski definition) is 4. The number of nitrogens with one attached hydrogen (secondary N) is 2. The van der Waals surface area contributed by atoms with E-state index in [1.165, 1.54) is 0 Å². The SMILES string of the molecule is Cc1cc(NC(=O)c2n[nH]c(C)n2)n(C)n1. The van der Waals surface area contributed by atoms with Crippen molar-refractivity contribution >= 4 is 11.7 Å². The Morgan fingerprint density at radius 2 is 2.25 bits per heavy atom. The van der Waals surface area contributed by atoms with Crippen molar-refractivity contribution in [2.24, 2.45) is 7.05 Å². The normalized spacial score (nSPS) is 10.4. The molecule has 0 saturated heterocycles. The maximum Gasteiger partial charge on any atom is 0.296 e. The lowest BCUT2D eigenvalue weighted by Crippen LogP contribution is -2.16. The van der Waals surface area contributed by atoms with Gasteiger partial charge in [0.1, 0.15) is 11.6 Å². The van der Waals surface area contributed by atoms with Crippen LogP contribution < -0.4 is 5.32 Å². The van der Waals surface area contributed by atoms with Gasteiger partial charge in [-0.05, 0) is 13.8 Å². The number of H-pyrrole nitrogens is 1. The van der Waals surface area contributed by atoms with E-state index < -0.39 is 0 Å². The third kappa shape index (κ3) is 1.92. The van der Waals surface area contributed by atoms with Crippen LogP contribution in [0, 0.1) is 13.8 Å². The molecule has 0 fully saturated rings. The van der Waals surface area contributed by atoms with Gasteiger partial charge in [0, 0.05) is 13.1 Å². The number of aryl methyl sites for hydroxylation is 3. The molecule has 2 aromatic heterocycles. The Labute approximate surface area is 91.9 Å². The summed E-state index contributed by atoms with van der Waals surface area (Å²) in [6, 6.07) is 1.78. The molecule has 1 amide bonds. The molecule has 0 aromatic carbocycles. The number of anilines is 1. The van der Waals surface area contributed by atoms with Gasteiger partial charge in [-0.1, -0.05) is 0 Å². The summed E-state index contributed by atoms with van der Waals surface area (Å²) in [4.78, 5) is 15.6. The zero-order valence-corrected chi connectivity index (χ0v) is 9.27. The summed E-state index contributed by atoms with van der Waals surface area (Å²) in [5.41, 5.74) is 0.837. The van der Waals surface area contributed by atoms with Crippen LogP contribution in [0.15, 0.2) is 6.07 Å². The van der Waals surface area contributed by atoms with E-state index in [2.05, 4.69) is 25.6 Å². The number of carbonyl (C=O) groups excluding carboxylic acids is 1. The number of nitrogens with zero attached hydrogens (tertiary/aromatic N) is 4. The minimum Gasteiger partial charge on any atom is -0.304 e. The third-order valence-electron chi connectivity index (χ3n) is 2.04. The molecule has 0 atom stereocenters. The molecule has 2 heterocycles. The highest BCUT2D eigenvalue weighted by Crippen LogP contribution is 2.08. The first-order chi connectivity index (χ1) is 7.56. The van der Waals surface area contributed by atoms with E-state index in [4.69, 9.17) is 0 Å². The molecule has 0 bridgehead atoms. The van der Waals surface area contributed by atoms with Crippen molar-refractivity contribution in [3.8, 4) is 0 Å². The largest absolute Gasteiger partial charge is 0.304 e. The van der Waals surface area contributed by atoms with E-state index in [1.54, 1.807) is 24.7 Å². The highest BCUT2D eigenvalue weighted by atomic mass is 16.2. The Kier molecular flexibility index (Phi) is 2.43. The van der Waals surface area contributed by atoms with Crippen molar-refractivity contribution in [1.82, 2.24) is 25.0 Å². The first-order valence-electron chi connectivity index (χ1n) is 4.77. The monoisotopic (exact) mass is 220 g/mol. The summed E-state index contributed by atoms with van der Waals surface area (Å²) in [6.07, 6.45) is 0. The van der Waals surface area contributed by atoms with Gasteiger partial charge in [0.2, 0.25) is 5.82 Å². The van der Waals surface area contributed by atoms with Gasteiger partial charge in [0.15, 0.2) is 0 Å². The van der Waals surface area contributed by atoms with Crippen molar-refractivity contribution in [2.75, 3.05) is 5.32 Å². The minimum absolute atomic E-state index is 0.122. The number of hydrogen-bond donors (Lipinski definition) is 2. The Bertz CT molecular complexity index is 526. The maximum atomic E-state index is 11.7. The topological polar surface area (TPSA) is 88.5 Å². The average Bonchev–Trinajstić information content (AvgIpc) is 2.74. The molecule has 7 nitrogen and oxygen atoms in total. The lowest BCUT2D eigenvalue weighted by atomic mass is 10.4. The van der Waals surface area contributed by atoms with E-state index in [-0.39, 0.29) is 11.7 Å². The Hall–Kier alpha value is -2.18. The van der Waals surface area contributed by atoms with Crippen molar-refractivity contribution in [1.29, 1.82) is 0 Å². The van der Waals surface area contributed by atoms with Gasteiger partial charge in [-0.25, -0.2) is 4.98 Å². The first kappa shape index (κ1) is 10.3. The van der Waals surface area contributed by atoms with E-state index in [0.717, 1.165) is 5.69 Å². The van der Waals surface area contributed by atoms with Gasteiger partial charge >= 0.3 is 0 Å². The molecule has 2 aromatic rings. The van der Waals surface area contributed by atoms with Crippen LogP contribution in [-0.4, -0.2) is 30.9 Å². The van der Waals surface area contributed by atoms with Crippen LogP contribution in [0.4, 0.5) is 5.82 Å². The van der Waals surface area contributed by atoms with Gasteiger partial charge in [0.25, 0.3) is 5.91 Å². The van der Waals surface area contributed by atoms with Crippen LogP contribution >= 0.6 is 0 Å². The van der Waals surface area contributed by atoms with E-state index in [9.17, 15) is 4.79 Å². The van der Waals surface area contributed by atoms with Crippen LogP contribution in [0.3, 0.4) is 0 Å². The molecule has 2 rings (SSSR count). The second-order valence-corrected chi connectivity index (χ2v) is 3.49. The van der Waals surface area contributed by atoms with Crippen LogP contribution in [0.25, 0.3) is 0 Å². The number of amides is 1. The molecule has 84 valence electrons. The summed E-state index contributed by atoms with van der Waals surface area (Å²) in [5, 5.41) is 13.2. The second-order valence-electron chi connectivity index (χ2n) is 3.49. The molecule has 7 heteroatoms. The number of aromatic amines is 1. The maximum absolute atomic E-state index is 11.7.